The first-order chi connectivity index (χ1) is 12.3. The highest BCUT2D eigenvalue weighted by Gasteiger charge is 2.17. The van der Waals surface area contributed by atoms with Gasteiger partial charge in [-0.2, -0.15) is 0 Å². The van der Waals surface area contributed by atoms with Crippen molar-refractivity contribution in [2.75, 3.05) is 19.9 Å². The number of carbonyl (C=O) groups excluding carboxylic acids is 1. The zero-order chi connectivity index (χ0) is 19.3. The number of aromatic nitrogens is 2. The molecule has 0 aliphatic heterocycles. The van der Waals surface area contributed by atoms with Crippen molar-refractivity contribution < 1.29 is 9.53 Å². The number of aryl methyl sites for hydroxylation is 1. The Labute approximate surface area is 160 Å². The van der Waals surface area contributed by atoms with Gasteiger partial charge in [-0.05, 0) is 25.8 Å². The summed E-state index contributed by atoms with van der Waals surface area (Å²) in [6, 6.07) is 7.78. The molecule has 142 valence electrons. The average Bonchev–Trinajstić information content (AvgIpc) is 2.87. The Hall–Kier alpha value is -1.95. The minimum Gasteiger partial charge on any atom is -0.496 e. The average molecular weight is 376 g/mol. The number of methoxy groups -OCH3 is 1. The molecule has 0 saturated heterocycles. The van der Waals surface area contributed by atoms with Crippen molar-refractivity contribution in [1.82, 2.24) is 14.5 Å². The molecule has 6 heteroatoms. The van der Waals surface area contributed by atoms with Gasteiger partial charge in [-0.15, -0.1) is 0 Å². The maximum Gasteiger partial charge on any atom is 0.233 e. The predicted molar refractivity (Wildman–Crippen MR) is 107 cm³/mol. The third kappa shape index (κ3) is 5.04. The number of thioether (sulfide) groups is 1. The molecule has 1 aromatic carbocycles. The van der Waals surface area contributed by atoms with E-state index in [4.69, 9.17) is 4.74 Å². The molecule has 0 radical (unpaired) electrons. The highest BCUT2D eigenvalue weighted by Crippen LogP contribution is 2.24. The van der Waals surface area contributed by atoms with E-state index < -0.39 is 0 Å². The van der Waals surface area contributed by atoms with Crippen molar-refractivity contribution in [3.05, 3.63) is 41.2 Å². The van der Waals surface area contributed by atoms with Crippen molar-refractivity contribution in [3.63, 3.8) is 0 Å². The number of para-hydroxylation sites is 1. The van der Waals surface area contributed by atoms with Gasteiger partial charge in [-0.3, -0.25) is 4.79 Å². The van der Waals surface area contributed by atoms with Crippen LogP contribution in [0.3, 0.4) is 0 Å². The summed E-state index contributed by atoms with van der Waals surface area (Å²) in [4.78, 5) is 19.0. The molecule has 0 fully saturated rings. The van der Waals surface area contributed by atoms with Crippen LogP contribution in [0.1, 0.15) is 30.8 Å². The lowest BCUT2D eigenvalue weighted by molar-refractivity contribution is -0.127. The maximum absolute atomic E-state index is 12.6. The van der Waals surface area contributed by atoms with Crippen molar-refractivity contribution in [1.29, 1.82) is 0 Å². The minimum atomic E-state index is 0.0790. The Morgan fingerprint density at radius 1 is 1.31 bits per heavy atom. The Bertz CT molecular complexity index is 756. The van der Waals surface area contributed by atoms with Gasteiger partial charge in [0.25, 0.3) is 0 Å². The topological polar surface area (TPSA) is 47.4 Å². The predicted octanol–water partition coefficient (Wildman–Crippen LogP) is 3.92. The van der Waals surface area contributed by atoms with Gasteiger partial charge in [0.05, 0.1) is 18.6 Å². The van der Waals surface area contributed by atoms with E-state index in [1.807, 2.05) is 38.2 Å². The van der Waals surface area contributed by atoms with E-state index in [1.165, 1.54) is 17.5 Å². The molecule has 0 atom stereocenters. The number of ether oxygens (including phenoxy) is 1. The second kappa shape index (κ2) is 9.12. The van der Waals surface area contributed by atoms with Crippen LogP contribution in [0.2, 0.25) is 0 Å². The van der Waals surface area contributed by atoms with Crippen molar-refractivity contribution in [3.8, 4) is 5.75 Å². The summed E-state index contributed by atoms with van der Waals surface area (Å²) in [5.41, 5.74) is 3.21. The highest BCUT2D eigenvalue weighted by atomic mass is 32.2. The molecule has 2 rings (SSSR count). The molecule has 5 nitrogen and oxygen atoms in total. The van der Waals surface area contributed by atoms with Crippen LogP contribution in [0.15, 0.2) is 29.4 Å². The van der Waals surface area contributed by atoms with Gasteiger partial charge in [0.2, 0.25) is 5.91 Å². The fraction of sp³-hybridized carbons (Fsp3) is 0.500. The maximum atomic E-state index is 12.6. The molecule has 0 aliphatic rings. The van der Waals surface area contributed by atoms with E-state index in [0.717, 1.165) is 28.7 Å². The number of benzene rings is 1. The van der Waals surface area contributed by atoms with Crippen LogP contribution in [-0.4, -0.2) is 40.3 Å². The SMILES string of the molecule is COc1ccccc1CN(C)C(=O)CSc1nc(C)c(C)n1CC(C)C. The van der Waals surface area contributed by atoms with Crippen LogP contribution in [0, 0.1) is 19.8 Å². The molecule has 26 heavy (non-hydrogen) atoms. The third-order valence-corrected chi connectivity index (χ3v) is 5.28. The lowest BCUT2D eigenvalue weighted by Crippen LogP contribution is -2.28. The fourth-order valence-corrected chi connectivity index (χ4v) is 3.77. The molecule has 0 spiro atoms. The Balaban J connectivity index is 2.01. The number of hydrogen-bond donors (Lipinski definition) is 0. The molecule has 0 N–H and O–H groups in total. The molecule has 1 amide bonds. The van der Waals surface area contributed by atoms with Crippen LogP contribution in [0.5, 0.6) is 5.75 Å². The first kappa shape index (κ1) is 20.4. The quantitative estimate of drug-likeness (QED) is 0.656. The largest absolute Gasteiger partial charge is 0.496 e. The van der Waals surface area contributed by atoms with E-state index in [1.54, 1.807) is 12.0 Å². The number of carbonyl (C=O) groups is 1. The lowest BCUT2D eigenvalue weighted by Gasteiger charge is -2.19. The molecule has 1 aromatic heterocycles. The van der Waals surface area contributed by atoms with Crippen LogP contribution in [0.25, 0.3) is 0 Å². The van der Waals surface area contributed by atoms with Gasteiger partial charge in [-0.1, -0.05) is 43.8 Å². The Morgan fingerprint density at radius 3 is 2.65 bits per heavy atom. The monoisotopic (exact) mass is 375 g/mol. The molecular weight excluding hydrogens is 346 g/mol. The zero-order valence-electron chi connectivity index (χ0n) is 16.6. The molecule has 1 heterocycles. The van der Waals surface area contributed by atoms with E-state index >= 15 is 0 Å². The first-order valence-electron chi connectivity index (χ1n) is 8.85. The van der Waals surface area contributed by atoms with Crippen LogP contribution >= 0.6 is 11.8 Å². The number of nitrogens with zero attached hydrogens (tertiary/aromatic N) is 3. The van der Waals surface area contributed by atoms with Crippen molar-refractivity contribution >= 4 is 17.7 Å². The zero-order valence-corrected chi connectivity index (χ0v) is 17.4. The summed E-state index contributed by atoms with van der Waals surface area (Å²) in [7, 11) is 3.47. The second-order valence-corrected chi connectivity index (χ2v) is 7.86. The van der Waals surface area contributed by atoms with Crippen molar-refractivity contribution in [2.24, 2.45) is 5.92 Å². The highest BCUT2D eigenvalue weighted by molar-refractivity contribution is 7.99. The van der Waals surface area contributed by atoms with E-state index in [-0.39, 0.29) is 5.91 Å². The second-order valence-electron chi connectivity index (χ2n) is 6.92. The number of hydrogen-bond acceptors (Lipinski definition) is 4. The summed E-state index contributed by atoms with van der Waals surface area (Å²) in [6.45, 7) is 9.93. The number of imidazole rings is 1. The number of rotatable bonds is 8. The van der Waals surface area contributed by atoms with E-state index in [2.05, 4.69) is 30.3 Å². The van der Waals surface area contributed by atoms with Gasteiger partial charge in [0, 0.05) is 31.4 Å². The lowest BCUT2D eigenvalue weighted by atomic mass is 10.2. The summed E-state index contributed by atoms with van der Waals surface area (Å²) >= 11 is 1.51. The van der Waals surface area contributed by atoms with Crippen LogP contribution in [0.4, 0.5) is 0 Å². The van der Waals surface area contributed by atoms with Gasteiger partial charge in [0.15, 0.2) is 5.16 Å². The minimum absolute atomic E-state index is 0.0790. The van der Waals surface area contributed by atoms with E-state index in [9.17, 15) is 4.79 Å². The van der Waals surface area contributed by atoms with Gasteiger partial charge in [-0.25, -0.2) is 4.98 Å². The van der Waals surface area contributed by atoms with E-state index in [0.29, 0.717) is 18.2 Å². The number of amides is 1. The Morgan fingerprint density at radius 2 is 2.00 bits per heavy atom. The van der Waals surface area contributed by atoms with Crippen LogP contribution < -0.4 is 4.74 Å². The Kier molecular flexibility index (Phi) is 7.14. The molecule has 0 unspecified atom stereocenters. The summed E-state index contributed by atoms with van der Waals surface area (Å²) in [5.74, 6) is 1.79. The summed E-state index contributed by atoms with van der Waals surface area (Å²) in [5, 5.41) is 0.924. The smallest absolute Gasteiger partial charge is 0.233 e. The van der Waals surface area contributed by atoms with Gasteiger partial charge >= 0.3 is 0 Å². The molecular formula is C20H29N3O2S. The normalized spacial score (nSPS) is 11.0. The summed E-state index contributed by atoms with van der Waals surface area (Å²) < 4.78 is 7.59. The molecule has 0 aliphatic carbocycles. The van der Waals surface area contributed by atoms with Gasteiger partial charge in [0.1, 0.15) is 5.75 Å². The first-order valence-corrected chi connectivity index (χ1v) is 9.84. The van der Waals surface area contributed by atoms with Crippen LogP contribution in [-0.2, 0) is 17.9 Å². The fourth-order valence-electron chi connectivity index (χ4n) is 2.73. The third-order valence-electron chi connectivity index (χ3n) is 4.32. The van der Waals surface area contributed by atoms with Crippen molar-refractivity contribution in [2.45, 2.75) is 45.9 Å². The molecule has 0 bridgehead atoms. The molecule has 0 saturated carbocycles. The summed E-state index contributed by atoms with van der Waals surface area (Å²) in [6.07, 6.45) is 0. The molecule has 2 aromatic rings. The van der Waals surface area contributed by atoms with Gasteiger partial charge < -0.3 is 14.2 Å². The standard InChI is InChI=1S/C20H29N3O2S/c1-14(2)11-23-16(4)15(3)21-20(23)26-13-19(24)22(5)12-17-9-7-8-10-18(17)25-6/h7-10,14H,11-13H2,1-6H3.